The second-order valence-electron chi connectivity index (χ2n) is 14.8. The van der Waals surface area contributed by atoms with E-state index in [0.29, 0.717) is 17.2 Å². The van der Waals surface area contributed by atoms with Crippen molar-refractivity contribution in [3.63, 3.8) is 0 Å². The van der Waals surface area contributed by atoms with Crippen LogP contribution >= 0.6 is 11.3 Å². The number of nitrogens with zero attached hydrogens (tertiary/aromatic N) is 2. The highest BCUT2D eigenvalue weighted by molar-refractivity contribution is 7.14. The first-order valence-corrected chi connectivity index (χ1v) is 18.4. The van der Waals surface area contributed by atoms with Crippen molar-refractivity contribution in [1.29, 1.82) is 0 Å². The maximum absolute atomic E-state index is 13.5. The summed E-state index contributed by atoms with van der Waals surface area (Å²) in [5, 5.41) is 12.3. The second-order valence-corrected chi connectivity index (χ2v) is 15.9. The van der Waals surface area contributed by atoms with Crippen LogP contribution in [0.25, 0.3) is 22.4 Å². The summed E-state index contributed by atoms with van der Waals surface area (Å²) in [6, 6.07) is 24.0. The first kappa shape index (κ1) is 34.6. The molecule has 1 aliphatic carbocycles. The molecule has 2 amide bonds. The van der Waals surface area contributed by atoms with Gasteiger partial charge in [-0.05, 0) is 77.8 Å². The number of carboxylic acid groups (broad SMARTS) is 1. The summed E-state index contributed by atoms with van der Waals surface area (Å²) in [6.45, 7) is 8.91. The number of rotatable bonds is 10. The van der Waals surface area contributed by atoms with Gasteiger partial charge in [-0.25, -0.2) is 0 Å². The summed E-state index contributed by atoms with van der Waals surface area (Å²) < 4.78 is 0. The third-order valence-electron chi connectivity index (χ3n) is 10.3. The van der Waals surface area contributed by atoms with Crippen LogP contribution in [-0.2, 0) is 21.4 Å². The van der Waals surface area contributed by atoms with E-state index in [1.807, 2.05) is 36.5 Å². The fraction of sp³-hybridized carbons (Fsp3) is 0.415. The molecule has 256 valence electrons. The van der Waals surface area contributed by atoms with Crippen LogP contribution in [0.15, 0.2) is 79.0 Å². The number of carbonyl (C=O) groups is 3. The van der Waals surface area contributed by atoms with Gasteiger partial charge in [0.05, 0.1) is 16.5 Å². The Morgan fingerprint density at radius 3 is 2.10 bits per heavy atom. The van der Waals surface area contributed by atoms with Crippen molar-refractivity contribution in [3.8, 4) is 22.4 Å². The van der Waals surface area contributed by atoms with Crippen LogP contribution in [0.2, 0.25) is 0 Å². The molecule has 4 aromatic rings. The maximum atomic E-state index is 13.5. The fourth-order valence-electron chi connectivity index (χ4n) is 6.96. The third kappa shape index (κ3) is 8.13. The molecule has 49 heavy (non-hydrogen) atoms. The molecule has 2 aliphatic rings. The van der Waals surface area contributed by atoms with Gasteiger partial charge in [0.1, 0.15) is 6.04 Å². The van der Waals surface area contributed by atoms with Crippen molar-refractivity contribution in [2.24, 2.45) is 11.8 Å². The topological polar surface area (TPSA) is 99.6 Å². The minimum absolute atomic E-state index is 0.0853. The van der Waals surface area contributed by atoms with Crippen LogP contribution in [0.1, 0.15) is 91.4 Å². The number of carboxylic acids is 1. The predicted molar refractivity (Wildman–Crippen MR) is 196 cm³/mol. The van der Waals surface area contributed by atoms with E-state index in [2.05, 4.69) is 69.4 Å². The molecule has 3 heterocycles. The lowest BCUT2D eigenvalue weighted by molar-refractivity contribution is -0.153. The highest BCUT2D eigenvalue weighted by atomic mass is 32.1. The number of hydrogen-bond acceptors (Lipinski definition) is 5. The molecule has 6 rings (SSSR count). The van der Waals surface area contributed by atoms with Crippen LogP contribution < -0.4 is 5.32 Å². The Hall–Kier alpha value is -4.30. The molecule has 1 atom stereocenters. The van der Waals surface area contributed by atoms with Crippen LogP contribution in [0.3, 0.4) is 0 Å². The molecule has 8 heteroatoms. The number of likely N-dealkylation sites (tertiary alicyclic amines) is 1. The lowest BCUT2D eigenvalue weighted by Crippen LogP contribution is -2.59. The summed E-state index contributed by atoms with van der Waals surface area (Å²) in [6.07, 6.45) is 8.73. The minimum atomic E-state index is -0.909. The summed E-state index contributed by atoms with van der Waals surface area (Å²) in [5.74, 6) is -0.477. The molecule has 0 spiro atoms. The van der Waals surface area contributed by atoms with Gasteiger partial charge in [-0.15, -0.1) is 11.3 Å². The number of hydrogen-bond donors (Lipinski definition) is 2. The molecule has 7 nitrogen and oxygen atoms in total. The third-order valence-corrected chi connectivity index (χ3v) is 11.8. The average molecular weight is 678 g/mol. The number of aromatic nitrogens is 1. The van der Waals surface area contributed by atoms with Gasteiger partial charge in [0, 0.05) is 41.7 Å². The molecule has 1 aliphatic heterocycles. The van der Waals surface area contributed by atoms with E-state index in [4.69, 9.17) is 4.98 Å². The van der Waals surface area contributed by atoms with E-state index in [9.17, 15) is 19.5 Å². The van der Waals surface area contributed by atoms with Gasteiger partial charge in [-0.2, -0.15) is 0 Å². The molecular formula is C41H47N3O4S. The smallest absolute Gasteiger partial charge is 0.310 e. The Bertz CT molecular complexity index is 1760. The molecule has 2 aromatic carbocycles. The number of aliphatic carboxylic acids is 1. The molecular weight excluding hydrogens is 631 g/mol. The van der Waals surface area contributed by atoms with Crippen molar-refractivity contribution >= 4 is 29.1 Å². The Morgan fingerprint density at radius 2 is 1.53 bits per heavy atom. The molecule has 1 saturated carbocycles. The van der Waals surface area contributed by atoms with E-state index in [0.717, 1.165) is 38.7 Å². The molecule has 2 aromatic heterocycles. The largest absolute Gasteiger partial charge is 0.481 e. The Morgan fingerprint density at radius 1 is 0.878 bits per heavy atom. The van der Waals surface area contributed by atoms with E-state index in [-0.39, 0.29) is 30.3 Å². The van der Waals surface area contributed by atoms with Gasteiger partial charge in [0.15, 0.2) is 0 Å². The van der Waals surface area contributed by atoms with Gasteiger partial charge < -0.3 is 15.3 Å². The zero-order valence-electron chi connectivity index (χ0n) is 28.9. The second kappa shape index (κ2) is 14.7. The Balaban J connectivity index is 1.11. The van der Waals surface area contributed by atoms with Crippen molar-refractivity contribution in [1.82, 2.24) is 15.2 Å². The molecule has 0 radical (unpaired) electrons. The summed E-state index contributed by atoms with van der Waals surface area (Å²) >= 11 is 1.43. The number of nitrogens with one attached hydrogen (secondary N) is 1. The molecule has 0 bridgehead atoms. The van der Waals surface area contributed by atoms with E-state index in [1.54, 1.807) is 6.07 Å². The quantitative estimate of drug-likeness (QED) is 0.176. The zero-order chi connectivity index (χ0) is 34.7. The number of amides is 2. The maximum Gasteiger partial charge on any atom is 0.310 e. The molecule has 1 saturated heterocycles. The van der Waals surface area contributed by atoms with E-state index < -0.39 is 17.9 Å². The van der Waals surface area contributed by atoms with Gasteiger partial charge in [-0.1, -0.05) is 88.7 Å². The lowest BCUT2D eigenvalue weighted by Gasteiger charge is -2.38. The van der Waals surface area contributed by atoms with Gasteiger partial charge in [0.2, 0.25) is 5.91 Å². The molecule has 0 unspecified atom stereocenters. The average Bonchev–Trinajstić information content (AvgIpc) is 3.60. The summed E-state index contributed by atoms with van der Waals surface area (Å²) in [5.41, 5.74) is 6.30. The van der Waals surface area contributed by atoms with Gasteiger partial charge in [0.25, 0.3) is 5.91 Å². The van der Waals surface area contributed by atoms with Crippen LogP contribution in [0.4, 0.5) is 0 Å². The first-order valence-electron chi connectivity index (χ1n) is 17.6. The van der Waals surface area contributed by atoms with Gasteiger partial charge >= 0.3 is 5.97 Å². The Labute approximate surface area is 293 Å². The van der Waals surface area contributed by atoms with Crippen molar-refractivity contribution in [3.05, 3.63) is 99.9 Å². The lowest BCUT2D eigenvalue weighted by atomic mass is 9.78. The molecule has 2 N–H and O–H groups in total. The number of benzene rings is 2. The van der Waals surface area contributed by atoms with Crippen molar-refractivity contribution in [2.75, 3.05) is 13.1 Å². The summed E-state index contributed by atoms with van der Waals surface area (Å²) in [4.78, 5) is 46.1. The van der Waals surface area contributed by atoms with Gasteiger partial charge in [-0.3, -0.25) is 19.4 Å². The molecule has 2 fully saturated rings. The fourth-order valence-corrected chi connectivity index (χ4v) is 7.93. The zero-order valence-corrected chi connectivity index (χ0v) is 29.8. The van der Waals surface area contributed by atoms with Crippen LogP contribution in [0.5, 0.6) is 0 Å². The first-order chi connectivity index (χ1) is 23.5. The van der Waals surface area contributed by atoms with E-state index >= 15 is 0 Å². The highest BCUT2D eigenvalue weighted by Crippen LogP contribution is 2.37. The minimum Gasteiger partial charge on any atom is -0.481 e. The van der Waals surface area contributed by atoms with Crippen LogP contribution in [0, 0.1) is 11.8 Å². The number of pyridine rings is 1. The SMILES string of the molecule is CC[C@H]1CC[C@H](c2ccc(-c3ccc(-c4ccc(C[C@H](NC(=O)c5ccc(C(C)(C)C)s5)C(=O)N5CC(C(=O)O)C5)cc4)cn3)cc2)CC1. The predicted octanol–water partition coefficient (Wildman–Crippen LogP) is 8.34. The normalized spacial score (nSPS) is 18.8. The monoisotopic (exact) mass is 677 g/mol. The summed E-state index contributed by atoms with van der Waals surface area (Å²) in [7, 11) is 0. The highest BCUT2D eigenvalue weighted by Gasteiger charge is 2.39. The van der Waals surface area contributed by atoms with E-state index in [1.165, 1.54) is 53.9 Å². The van der Waals surface area contributed by atoms with Crippen molar-refractivity contribution in [2.45, 2.75) is 83.6 Å². The number of carbonyl (C=O) groups excluding carboxylic acids is 2. The standard InChI is InChI=1S/C41H47N3O4S/c1-5-26-6-10-28(11-7-26)29-14-16-31(17-15-29)34-19-18-32(23-42-34)30-12-8-27(9-13-30)22-35(39(46)44-24-33(25-44)40(47)48)43-38(45)36-20-21-37(49-36)41(2,3)4/h8-9,12-21,23,26,28,33,35H,5-7,10-11,22,24-25H2,1-4H3,(H,43,45)(H,47,48)/t26-,28-,35-/m0/s1. The van der Waals surface area contributed by atoms with Crippen LogP contribution in [-0.4, -0.2) is 51.9 Å². The number of thiophene rings is 1. The van der Waals surface area contributed by atoms with Crippen molar-refractivity contribution < 1.29 is 19.5 Å². The Kier molecular flexibility index (Phi) is 10.3.